The Balaban J connectivity index is 1.51. The molecule has 2 aliphatic rings. The molecule has 5 nitrogen and oxygen atoms in total. The van der Waals surface area contributed by atoms with Gasteiger partial charge in [-0.05, 0) is 74.5 Å². The molecule has 2 saturated carbocycles. The van der Waals surface area contributed by atoms with Gasteiger partial charge in [-0.2, -0.15) is 0 Å². The molecule has 2 unspecified atom stereocenters. The summed E-state index contributed by atoms with van der Waals surface area (Å²) < 4.78 is 6.22. The lowest BCUT2D eigenvalue weighted by Crippen LogP contribution is -2.43. The van der Waals surface area contributed by atoms with Gasteiger partial charge in [0, 0.05) is 22.5 Å². The summed E-state index contributed by atoms with van der Waals surface area (Å²) in [6, 6.07) is 5.90. The Morgan fingerprint density at radius 3 is 2.45 bits per heavy atom. The van der Waals surface area contributed by atoms with Gasteiger partial charge in [-0.3, -0.25) is 9.59 Å². The largest absolute Gasteiger partial charge is 0.493 e. The Bertz CT molecular complexity index is 780. The summed E-state index contributed by atoms with van der Waals surface area (Å²) in [4.78, 5) is 24.0. The number of carbonyl (C=O) groups excluding carboxylic acids is 1. The maximum Gasteiger partial charge on any atom is 0.306 e. The van der Waals surface area contributed by atoms with Crippen molar-refractivity contribution in [2.75, 3.05) is 6.61 Å². The zero-order valence-corrected chi connectivity index (χ0v) is 19.7. The zero-order valence-electron chi connectivity index (χ0n) is 19.0. The van der Waals surface area contributed by atoms with Gasteiger partial charge in [-0.15, -0.1) is 0 Å². The third-order valence-corrected chi connectivity index (χ3v) is 7.04. The Hall–Kier alpha value is -1.75. The van der Waals surface area contributed by atoms with Crippen molar-refractivity contribution in [3.05, 3.63) is 28.8 Å². The molecule has 172 valence electrons. The van der Waals surface area contributed by atoms with Gasteiger partial charge in [0.15, 0.2) is 0 Å². The number of rotatable bonds is 6. The molecule has 0 aromatic heterocycles. The fourth-order valence-corrected chi connectivity index (χ4v) is 5.08. The SMILES string of the molecule is CC(C)(C)c1cc(Cl)ccc1OCC1CCCC(C(=O)NC2CCC(C(=O)O)CC2)C1. The highest BCUT2D eigenvalue weighted by Gasteiger charge is 2.31. The fraction of sp³-hybridized carbons (Fsp3) is 0.680. The topological polar surface area (TPSA) is 75.6 Å². The monoisotopic (exact) mass is 449 g/mol. The summed E-state index contributed by atoms with van der Waals surface area (Å²) >= 11 is 6.20. The van der Waals surface area contributed by atoms with Crippen LogP contribution in [0, 0.1) is 17.8 Å². The smallest absolute Gasteiger partial charge is 0.306 e. The van der Waals surface area contributed by atoms with Crippen LogP contribution >= 0.6 is 11.6 Å². The molecule has 1 aromatic carbocycles. The normalized spacial score (nSPS) is 26.8. The molecular formula is C25H36ClNO4. The van der Waals surface area contributed by atoms with Crippen LogP contribution in [-0.2, 0) is 15.0 Å². The second-order valence-corrected chi connectivity index (χ2v) is 10.8. The predicted octanol–water partition coefficient (Wildman–Crippen LogP) is 5.58. The third kappa shape index (κ3) is 6.61. The van der Waals surface area contributed by atoms with Crippen LogP contribution in [0.5, 0.6) is 5.75 Å². The molecular weight excluding hydrogens is 414 g/mol. The minimum Gasteiger partial charge on any atom is -0.493 e. The first-order valence-corrected chi connectivity index (χ1v) is 12.0. The first kappa shape index (κ1) is 23.9. The minimum atomic E-state index is -0.713. The van der Waals surface area contributed by atoms with Crippen molar-refractivity contribution in [1.29, 1.82) is 0 Å². The van der Waals surface area contributed by atoms with E-state index in [-0.39, 0.29) is 29.2 Å². The summed E-state index contributed by atoms with van der Waals surface area (Å²) in [5.41, 5.74) is 1.04. The van der Waals surface area contributed by atoms with Gasteiger partial charge < -0.3 is 15.2 Å². The Labute approximate surface area is 190 Å². The average molecular weight is 450 g/mol. The van der Waals surface area contributed by atoms with E-state index in [0.29, 0.717) is 30.4 Å². The lowest BCUT2D eigenvalue weighted by molar-refractivity contribution is -0.142. The number of ether oxygens (including phenoxy) is 1. The standard InChI is InChI=1S/C25H36ClNO4/c1-25(2,3)21-14-19(26)9-12-22(21)31-15-16-5-4-6-18(13-16)23(28)27-20-10-7-17(8-11-20)24(29)30/h9,12,14,16-18,20H,4-8,10-11,13,15H2,1-3H3,(H,27,28)(H,29,30). The van der Waals surface area contributed by atoms with Crippen molar-refractivity contribution < 1.29 is 19.4 Å². The number of aliphatic carboxylic acids is 1. The lowest BCUT2D eigenvalue weighted by Gasteiger charge is -2.32. The van der Waals surface area contributed by atoms with Gasteiger partial charge in [0.2, 0.25) is 5.91 Å². The lowest BCUT2D eigenvalue weighted by atomic mass is 9.80. The van der Waals surface area contributed by atoms with Crippen molar-refractivity contribution in [3.8, 4) is 5.75 Å². The van der Waals surface area contributed by atoms with Crippen LogP contribution in [0.2, 0.25) is 5.02 Å². The van der Waals surface area contributed by atoms with Crippen LogP contribution in [0.15, 0.2) is 18.2 Å². The highest BCUT2D eigenvalue weighted by atomic mass is 35.5. The van der Waals surface area contributed by atoms with Crippen molar-refractivity contribution >= 4 is 23.5 Å². The summed E-state index contributed by atoms with van der Waals surface area (Å²) in [6.45, 7) is 7.06. The van der Waals surface area contributed by atoms with E-state index in [1.807, 2.05) is 18.2 Å². The predicted molar refractivity (Wildman–Crippen MR) is 123 cm³/mol. The molecule has 0 aliphatic heterocycles. The third-order valence-electron chi connectivity index (χ3n) is 6.80. The molecule has 0 heterocycles. The molecule has 0 spiro atoms. The summed E-state index contributed by atoms with van der Waals surface area (Å²) in [5.74, 6) is 0.414. The summed E-state index contributed by atoms with van der Waals surface area (Å²) in [5, 5.41) is 13.0. The van der Waals surface area contributed by atoms with Crippen LogP contribution < -0.4 is 10.1 Å². The van der Waals surface area contributed by atoms with E-state index in [1.165, 1.54) is 0 Å². The highest BCUT2D eigenvalue weighted by Crippen LogP contribution is 2.35. The van der Waals surface area contributed by atoms with E-state index < -0.39 is 5.97 Å². The molecule has 2 atom stereocenters. The quantitative estimate of drug-likeness (QED) is 0.594. The number of carboxylic acids is 1. The van der Waals surface area contributed by atoms with Gasteiger partial charge in [0.25, 0.3) is 0 Å². The minimum absolute atomic E-state index is 0.0202. The molecule has 0 bridgehead atoms. The second kappa shape index (κ2) is 10.2. The van der Waals surface area contributed by atoms with Crippen molar-refractivity contribution in [2.45, 2.75) is 83.6 Å². The molecule has 0 saturated heterocycles. The van der Waals surface area contributed by atoms with Gasteiger partial charge in [0.1, 0.15) is 5.75 Å². The summed E-state index contributed by atoms with van der Waals surface area (Å²) in [7, 11) is 0. The molecule has 0 radical (unpaired) electrons. The Morgan fingerprint density at radius 2 is 1.81 bits per heavy atom. The van der Waals surface area contributed by atoms with E-state index in [9.17, 15) is 9.59 Å². The van der Waals surface area contributed by atoms with E-state index >= 15 is 0 Å². The number of nitrogens with one attached hydrogen (secondary N) is 1. The maximum atomic E-state index is 12.8. The Kier molecular flexibility index (Phi) is 7.90. The molecule has 1 aromatic rings. The molecule has 2 N–H and O–H groups in total. The van der Waals surface area contributed by atoms with E-state index in [1.54, 1.807) is 0 Å². The number of carbonyl (C=O) groups is 2. The fourth-order valence-electron chi connectivity index (χ4n) is 4.91. The van der Waals surface area contributed by atoms with Gasteiger partial charge >= 0.3 is 5.97 Å². The van der Waals surface area contributed by atoms with Crippen LogP contribution in [0.3, 0.4) is 0 Å². The van der Waals surface area contributed by atoms with Gasteiger partial charge in [0.05, 0.1) is 12.5 Å². The molecule has 31 heavy (non-hydrogen) atoms. The first-order valence-electron chi connectivity index (χ1n) is 11.6. The number of hydrogen-bond donors (Lipinski definition) is 2. The zero-order chi connectivity index (χ0) is 22.6. The first-order chi connectivity index (χ1) is 14.6. The number of halogens is 1. The van der Waals surface area contributed by atoms with Crippen LogP contribution in [-0.4, -0.2) is 29.6 Å². The maximum absolute atomic E-state index is 12.8. The number of carboxylic acid groups (broad SMARTS) is 1. The van der Waals surface area contributed by atoms with Crippen LogP contribution in [0.1, 0.15) is 77.7 Å². The van der Waals surface area contributed by atoms with Crippen molar-refractivity contribution in [3.63, 3.8) is 0 Å². The summed E-state index contributed by atoms with van der Waals surface area (Å²) in [6.07, 6.45) is 6.69. The van der Waals surface area contributed by atoms with E-state index in [0.717, 1.165) is 49.8 Å². The van der Waals surface area contributed by atoms with Crippen molar-refractivity contribution in [2.24, 2.45) is 17.8 Å². The highest BCUT2D eigenvalue weighted by molar-refractivity contribution is 6.30. The molecule has 1 amide bonds. The Morgan fingerprint density at radius 1 is 1.10 bits per heavy atom. The van der Waals surface area contributed by atoms with Gasteiger partial charge in [-0.1, -0.05) is 38.8 Å². The van der Waals surface area contributed by atoms with Crippen LogP contribution in [0.4, 0.5) is 0 Å². The average Bonchev–Trinajstić information content (AvgIpc) is 2.72. The van der Waals surface area contributed by atoms with Crippen LogP contribution in [0.25, 0.3) is 0 Å². The number of amides is 1. The van der Waals surface area contributed by atoms with Crippen molar-refractivity contribution in [1.82, 2.24) is 5.32 Å². The van der Waals surface area contributed by atoms with E-state index in [2.05, 4.69) is 26.1 Å². The number of benzene rings is 1. The number of hydrogen-bond acceptors (Lipinski definition) is 3. The molecule has 2 aliphatic carbocycles. The van der Waals surface area contributed by atoms with E-state index in [4.69, 9.17) is 21.4 Å². The molecule has 2 fully saturated rings. The molecule has 3 rings (SSSR count). The van der Waals surface area contributed by atoms with Gasteiger partial charge in [-0.25, -0.2) is 0 Å². The molecule has 6 heteroatoms. The second-order valence-electron chi connectivity index (χ2n) is 10.3.